The molecule has 8 heteroatoms. The maximum Gasteiger partial charge on any atom is 0.243 e. The molecule has 5 rings (SSSR count). The van der Waals surface area contributed by atoms with Gasteiger partial charge < -0.3 is 10.3 Å². The minimum Gasteiger partial charge on any atom is -0.358 e. The van der Waals surface area contributed by atoms with Crippen LogP contribution in [0.3, 0.4) is 0 Å². The Hall–Kier alpha value is -2.68. The van der Waals surface area contributed by atoms with Gasteiger partial charge in [-0.15, -0.1) is 0 Å². The van der Waals surface area contributed by atoms with Gasteiger partial charge in [0.25, 0.3) is 0 Å². The molecule has 0 bridgehead atoms. The van der Waals surface area contributed by atoms with Crippen molar-refractivity contribution in [2.24, 2.45) is 0 Å². The molecule has 0 atom stereocenters. The van der Waals surface area contributed by atoms with Crippen LogP contribution in [0, 0.1) is 6.92 Å². The van der Waals surface area contributed by atoms with Crippen LogP contribution < -0.4 is 5.32 Å². The number of nitrogens with one attached hydrogen (secondary N) is 2. The maximum atomic E-state index is 13.1. The largest absolute Gasteiger partial charge is 0.358 e. The molecule has 2 fully saturated rings. The second kappa shape index (κ2) is 10.1. The van der Waals surface area contributed by atoms with Crippen LogP contribution >= 0.6 is 0 Å². The van der Waals surface area contributed by atoms with E-state index in [-0.39, 0.29) is 10.8 Å². The zero-order valence-corrected chi connectivity index (χ0v) is 21.1. The summed E-state index contributed by atoms with van der Waals surface area (Å²) in [7, 11) is -3.54. The number of fused-ring (bicyclic) bond motifs is 1. The van der Waals surface area contributed by atoms with Crippen molar-refractivity contribution in [2.75, 3.05) is 38.0 Å². The van der Waals surface area contributed by atoms with Crippen LogP contribution in [0.25, 0.3) is 10.9 Å². The Bertz CT molecular complexity index is 1270. The number of H-pyrrole nitrogens is 1. The maximum absolute atomic E-state index is 13.1. The highest BCUT2D eigenvalue weighted by atomic mass is 32.2. The zero-order valence-electron chi connectivity index (χ0n) is 20.3. The first-order chi connectivity index (χ1) is 16.9. The molecular weight excluding hydrogens is 460 g/mol. The van der Waals surface area contributed by atoms with Crippen LogP contribution in [0.4, 0.5) is 5.69 Å². The Morgan fingerprint density at radius 1 is 1.00 bits per heavy atom. The Morgan fingerprint density at radius 3 is 2.49 bits per heavy atom. The van der Waals surface area contributed by atoms with Crippen LogP contribution in [0.15, 0.2) is 53.4 Å². The van der Waals surface area contributed by atoms with Gasteiger partial charge in [-0.05, 0) is 80.9 Å². The molecule has 0 saturated carbocycles. The minimum atomic E-state index is -3.54. The molecule has 0 radical (unpaired) electrons. The average Bonchev–Trinajstić information content (AvgIpc) is 3.30. The quantitative estimate of drug-likeness (QED) is 0.530. The van der Waals surface area contributed by atoms with Gasteiger partial charge in [-0.3, -0.25) is 9.69 Å². The van der Waals surface area contributed by atoms with E-state index in [2.05, 4.69) is 39.5 Å². The number of piperidine rings is 2. The van der Waals surface area contributed by atoms with Crippen molar-refractivity contribution in [2.45, 2.75) is 49.8 Å². The Balaban J connectivity index is 1.18. The van der Waals surface area contributed by atoms with Gasteiger partial charge in [0.2, 0.25) is 15.9 Å². The van der Waals surface area contributed by atoms with Crippen LogP contribution in [-0.2, 0) is 14.8 Å². The zero-order chi connectivity index (χ0) is 24.4. The molecule has 1 amide bonds. The first-order valence-corrected chi connectivity index (χ1v) is 14.0. The fourth-order valence-corrected chi connectivity index (χ4v) is 6.81. The highest BCUT2D eigenvalue weighted by molar-refractivity contribution is 7.89. The molecule has 0 spiro atoms. The summed E-state index contributed by atoms with van der Waals surface area (Å²) in [5.74, 6) is 0.366. The van der Waals surface area contributed by atoms with Crippen molar-refractivity contribution in [1.29, 1.82) is 0 Å². The summed E-state index contributed by atoms with van der Waals surface area (Å²) in [5.41, 5.74) is 3.87. The lowest BCUT2D eigenvalue weighted by molar-refractivity contribution is -0.117. The number of hydrogen-bond donors (Lipinski definition) is 2. The van der Waals surface area contributed by atoms with E-state index in [1.54, 1.807) is 22.5 Å². The molecule has 3 aromatic rings. The van der Waals surface area contributed by atoms with Gasteiger partial charge in [0.05, 0.1) is 11.4 Å². The lowest BCUT2D eigenvalue weighted by atomic mass is 9.93. The van der Waals surface area contributed by atoms with Crippen LogP contribution in [0.1, 0.15) is 49.3 Å². The van der Waals surface area contributed by atoms with Gasteiger partial charge in [0.1, 0.15) is 0 Å². The number of carbonyl (C=O) groups excluding carboxylic acids is 1. The van der Waals surface area contributed by atoms with E-state index in [0.29, 0.717) is 31.2 Å². The van der Waals surface area contributed by atoms with E-state index in [0.717, 1.165) is 50.8 Å². The van der Waals surface area contributed by atoms with Crippen LogP contribution in [0.2, 0.25) is 0 Å². The molecule has 0 unspecified atom stereocenters. The molecule has 1 aromatic heterocycles. The molecule has 35 heavy (non-hydrogen) atoms. The number of benzene rings is 2. The third kappa shape index (κ3) is 5.29. The summed E-state index contributed by atoms with van der Waals surface area (Å²) in [4.78, 5) is 18.8. The summed E-state index contributed by atoms with van der Waals surface area (Å²) in [6.07, 6.45) is 4.86. The molecule has 2 aliphatic rings. The second-order valence-electron chi connectivity index (χ2n) is 9.85. The Morgan fingerprint density at radius 2 is 1.74 bits per heavy atom. The predicted molar refractivity (Wildman–Crippen MR) is 139 cm³/mol. The highest BCUT2D eigenvalue weighted by Crippen LogP contribution is 2.30. The Kier molecular flexibility index (Phi) is 6.95. The Labute approximate surface area is 207 Å². The first kappa shape index (κ1) is 24.0. The summed E-state index contributed by atoms with van der Waals surface area (Å²) in [6.45, 7) is 5.03. The number of amides is 1. The van der Waals surface area contributed by atoms with E-state index in [1.165, 1.54) is 16.6 Å². The average molecular weight is 495 g/mol. The molecule has 3 heterocycles. The van der Waals surface area contributed by atoms with E-state index in [4.69, 9.17) is 0 Å². The van der Waals surface area contributed by atoms with E-state index < -0.39 is 10.0 Å². The highest BCUT2D eigenvalue weighted by Gasteiger charge is 2.27. The molecule has 0 aliphatic carbocycles. The number of anilines is 1. The molecule has 2 saturated heterocycles. The number of para-hydroxylation sites is 1. The van der Waals surface area contributed by atoms with Crippen molar-refractivity contribution < 1.29 is 13.2 Å². The van der Waals surface area contributed by atoms with Crippen molar-refractivity contribution in [3.63, 3.8) is 0 Å². The number of carbonyl (C=O) groups is 1. The van der Waals surface area contributed by atoms with E-state index in [1.807, 2.05) is 13.0 Å². The number of nitrogens with zero attached hydrogens (tertiary/aromatic N) is 2. The lowest BCUT2D eigenvalue weighted by Gasteiger charge is -2.31. The van der Waals surface area contributed by atoms with Gasteiger partial charge in [-0.1, -0.05) is 30.7 Å². The van der Waals surface area contributed by atoms with E-state index in [9.17, 15) is 13.2 Å². The summed E-state index contributed by atoms with van der Waals surface area (Å²) in [6, 6.07) is 15.6. The minimum absolute atomic E-state index is 0.107. The molecule has 2 aromatic carbocycles. The predicted octanol–water partition coefficient (Wildman–Crippen LogP) is 4.47. The molecule has 7 nitrogen and oxygen atoms in total. The fourth-order valence-electron chi connectivity index (χ4n) is 5.26. The van der Waals surface area contributed by atoms with Crippen LogP contribution in [0.5, 0.6) is 0 Å². The number of rotatable bonds is 6. The standard InChI is InChI=1S/C27H34N4O3S/c1-20-9-10-23(35(33,34)31-13-5-2-6-14-31)18-25(20)29-27(32)19-30-15-11-21(12-16-30)26-17-22-7-3-4-8-24(22)28-26/h3-4,7-10,17-18,21,28H,2,5-6,11-16,19H2,1H3,(H,29,32). The monoisotopic (exact) mass is 494 g/mol. The second-order valence-corrected chi connectivity index (χ2v) is 11.8. The van der Waals surface area contributed by atoms with Crippen molar-refractivity contribution in [3.8, 4) is 0 Å². The normalized spacial score (nSPS) is 18.7. The van der Waals surface area contributed by atoms with Gasteiger partial charge in [0, 0.05) is 35.9 Å². The molecule has 2 N–H and O–H groups in total. The van der Waals surface area contributed by atoms with Crippen molar-refractivity contribution in [1.82, 2.24) is 14.2 Å². The van der Waals surface area contributed by atoms with Crippen molar-refractivity contribution in [3.05, 3.63) is 59.8 Å². The first-order valence-electron chi connectivity index (χ1n) is 12.6. The molecular formula is C27H34N4O3S. The van der Waals surface area contributed by atoms with Gasteiger partial charge >= 0.3 is 0 Å². The molecule has 186 valence electrons. The van der Waals surface area contributed by atoms with Crippen LogP contribution in [-0.4, -0.2) is 61.2 Å². The topological polar surface area (TPSA) is 85.5 Å². The number of aromatic amines is 1. The van der Waals surface area contributed by atoms with Gasteiger partial charge in [-0.2, -0.15) is 4.31 Å². The number of aromatic nitrogens is 1. The SMILES string of the molecule is Cc1ccc(S(=O)(=O)N2CCCCC2)cc1NC(=O)CN1CCC(c2cc3ccccc3[nH]2)CC1. The number of aryl methyl sites for hydroxylation is 1. The molecule has 2 aliphatic heterocycles. The number of likely N-dealkylation sites (tertiary alicyclic amines) is 1. The summed E-state index contributed by atoms with van der Waals surface area (Å²) in [5, 5.41) is 4.20. The number of hydrogen-bond acceptors (Lipinski definition) is 4. The fraction of sp³-hybridized carbons (Fsp3) is 0.444. The van der Waals surface area contributed by atoms with Crippen molar-refractivity contribution >= 4 is 32.5 Å². The number of sulfonamides is 1. The van der Waals surface area contributed by atoms with Gasteiger partial charge in [0.15, 0.2) is 0 Å². The summed E-state index contributed by atoms with van der Waals surface area (Å²) >= 11 is 0. The smallest absolute Gasteiger partial charge is 0.243 e. The van der Waals surface area contributed by atoms with Gasteiger partial charge in [-0.25, -0.2) is 8.42 Å². The third-order valence-corrected chi connectivity index (χ3v) is 9.28. The summed E-state index contributed by atoms with van der Waals surface area (Å²) < 4.78 is 27.7. The third-order valence-electron chi connectivity index (χ3n) is 7.38. The van der Waals surface area contributed by atoms with E-state index >= 15 is 0 Å². The lowest BCUT2D eigenvalue weighted by Crippen LogP contribution is -2.39.